The van der Waals surface area contributed by atoms with Gasteiger partial charge >= 0.3 is 0 Å². The molecule has 0 radical (unpaired) electrons. The number of sulfonamides is 1. The number of aromatic nitrogens is 1. The van der Waals surface area contributed by atoms with Gasteiger partial charge in [-0.1, -0.05) is 22.9 Å². The van der Waals surface area contributed by atoms with Crippen molar-refractivity contribution >= 4 is 43.2 Å². The summed E-state index contributed by atoms with van der Waals surface area (Å²) in [6, 6.07) is 9.91. The minimum Gasteiger partial charge on any atom is -0.380 e. The smallest absolute Gasteiger partial charge is 0.285 e. The van der Waals surface area contributed by atoms with Crippen LogP contribution in [0.5, 0.6) is 0 Å². The van der Waals surface area contributed by atoms with Crippen LogP contribution in [0.1, 0.15) is 6.92 Å². The van der Waals surface area contributed by atoms with Crippen molar-refractivity contribution in [3.05, 3.63) is 58.1 Å². The van der Waals surface area contributed by atoms with E-state index in [1.165, 1.54) is 23.5 Å². The highest BCUT2D eigenvalue weighted by atomic mass is 35.5. The van der Waals surface area contributed by atoms with Crippen molar-refractivity contribution in [3.63, 3.8) is 0 Å². The van der Waals surface area contributed by atoms with Crippen LogP contribution in [0.2, 0.25) is 5.02 Å². The quantitative estimate of drug-likeness (QED) is 0.576. The van der Waals surface area contributed by atoms with E-state index in [9.17, 15) is 12.8 Å². The predicted molar refractivity (Wildman–Crippen MR) is 100 cm³/mol. The molecule has 0 aliphatic heterocycles. The summed E-state index contributed by atoms with van der Waals surface area (Å²) in [4.78, 5) is 0.247. The zero-order valence-corrected chi connectivity index (χ0v) is 16.2. The van der Waals surface area contributed by atoms with Gasteiger partial charge in [0.25, 0.3) is 10.0 Å². The van der Waals surface area contributed by atoms with Gasteiger partial charge in [-0.3, -0.25) is 0 Å². The summed E-state index contributed by atoms with van der Waals surface area (Å²) >= 11 is 7.26. The molecule has 0 bridgehead atoms. The fourth-order valence-electron chi connectivity index (χ4n) is 2.40. The molecule has 3 aromatic rings. The molecular formula is C17H16ClFN2O3S2. The third-order valence-corrected chi connectivity index (χ3v) is 6.29. The van der Waals surface area contributed by atoms with Crippen molar-refractivity contribution in [1.82, 2.24) is 4.57 Å². The van der Waals surface area contributed by atoms with E-state index in [2.05, 4.69) is 4.40 Å². The number of ether oxygens (including phenoxy) is 1. The van der Waals surface area contributed by atoms with Crippen molar-refractivity contribution < 1.29 is 17.5 Å². The van der Waals surface area contributed by atoms with Gasteiger partial charge in [-0.2, -0.15) is 8.42 Å². The highest BCUT2D eigenvalue weighted by Crippen LogP contribution is 2.22. The Morgan fingerprint density at radius 1 is 1.23 bits per heavy atom. The number of rotatable bonds is 6. The predicted octanol–water partition coefficient (Wildman–Crippen LogP) is 3.82. The minimum absolute atomic E-state index is 0.0641. The topological polar surface area (TPSA) is 60.7 Å². The molecule has 2 aromatic carbocycles. The molecule has 0 saturated heterocycles. The molecule has 138 valence electrons. The molecule has 9 heteroatoms. The molecule has 0 fully saturated rings. The van der Waals surface area contributed by atoms with Crippen molar-refractivity contribution in [3.8, 4) is 0 Å². The molecular weight excluding hydrogens is 399 g/mol. The van der Waals surface area contributed by atoms with E-state index < -0.39 is 15.8 Å². The fraction of sp³-hybridized carbons (Fsp3) is 0.235. The maximum atomic E-state index is 13.1. The standard InChI is InChI=1S/C17H16ClFN2O3S2/c1-2-24-10-9-21-15-8-3-12(18)11-16(15)25-17(21)20-26(22,23)14-6-4-13(19)5-7-14/h3-8,11H,2,9-10H2,1H3/b20-17-. The first-order valence-electron chi connectivity index (χ1n) is 7.84. The molecule has 1 aromatic heterocycles. The molecule has 0 amide bonds. The Labute approximate surface area is 159 Å². The summed E-state index contributed by atoms with van der Waals surface area (Å²) in [6.07, 6.45) is 0. The van der Waals surface area contributed by atoms with Crippen molar-refractivity contribution in [1.29, 1.82) is 0 Å². The molecule has 1 heterocycles. The summed E-state index contributed by atoms with van der Waals surface area (Å²) < 4.78 is 50.2. The zero-order chi connectivity index (χ0) is 18.7. The van der Waals surface area contributed by atoms with Crippen LogP contribution in [0.4, 0.5) is 4.39 Å². The van der Waals surface area contributed by atoms with Crippen LogP contribution in [-0.4, -0.2) is 26.2 Å². The molecule has 3 rings (SSSR count). The number of thiazole rings is 1. The first-order chi connectivity index (χ1) is 12.4. The normalized spacial score (nSPS) is 12.8. The average Bonchev–Trinajstić information content (AvgIpc) is 2.91. The summed E-state index contributed by atoms with van der Waals surface area (Å²) in [5.41, 5.74) is 0.826. The van der Waals surface area contributed by atoms with E-state index >= 15 is 0 Å². The molecule has 0 N–H and O–H groups in total. The van der Waals surface area contributed by atoms with Gasteiger partial charge in [0.15, 0.2) is 0 Å². The van der Waals surface area contributed by atoms with Crippen molar-refractivity contribution in [2.45, 2.75) is 18.4 Å². The molecule has 0 atom stereocenters. The fourth-order valence-corrected chi connectivity index (χ4v) is 4.93. The molecule has 26 heavy (non-hydrogen) atoms. The number of fused-ring (bicyclic) bond motifs is 1. The Balaban J connectivity index is 2.14. The van der Waals surface area contributed by atoms with E-state index in [-0.39, 0.29) is 4.90 Å². The molecule has 5 nitrogen and oxygen atoms in total. The summed E-state index contributed by atoms with van der Waals surface area (Å²) in [6.45, 7) is 3.33. The minimum atomic E-state index is -3.97. The van der Waals surface area contributed by atoms with Gasteiger partial charge in [-0.15, -0.1) is 4.40 Å². The van der Waals surface area contributed by atoms with Crippen LogP contribution in [-0.2, 0) is 21.3 Å². The lowest BCUT2D eigenvalue weighted by molar-refractivity contribution is 0.139. The Morgan fingerprint density at radius 3 is 2.65 bits per heavy atom. The lowest BCUT2D eigenvalue weighted by Crippen LogP contribution is -2.19. The summed E-state index contributed by atoms with van der Waals surface area (Å²) in [5.74, 6) is -0.507. The van der Waals surface area contributed by atoms with Crippen LogP contribution in [0.3, 0.4) is 0 Å². The van der Waals surface area contributed by atoms with Gasteiger partial charge in [-0.05, 0) is 49.4 Å². The van der Waals surface area contributed by atoms with Gasteiger partial charge in [0.1, 0.15) is 5.82 Å². The number of halogens is 2. The monoisotopic (exact) mass is 414 g/mol. The second-order valence-electron chi connectivity index (χ2n) is 5.37. The van der Waals surface area contributed by atoms with Crippen LogP contribution in [0.25, 0.3) is 10.2 Å². The van der Waals surface area contributed by atoms with Gasteiger partial charge < -0.3 is 9.30 Å². The highest BCUT2D eigenvalue weighted by molar-refractivity contribution is 7.90. The van der Waals surface area contributed by atoms with Crippen LogP contribution in [0.15, 0.2) is 51.8 Å². The van der Waals surface area contributed by atoms with Crippen molar-refractivity contribution in [2.24, 2.45) is 4.40 Å². The highest BCUT2D eigenvalue weighted by Gasteiger charge is 2.15. The van der Waals surface area contributed by atoms with Crippen LogP contribution < -0.4 is 4.80 Å². The van der Waals surface area contributed by atoms with E-state index in [1.807, 2.05) is 13.0 Å². The Bertz CT molecular complexity index is 1090. The van der Waals surface area contributed by atoms with Gasteiger partial charge in [0.05, 0.1) is 21.7 Å². The first kappa shape index (κ1) is 19.0. The summed E-state index contributed by atoms with van der Waals surface area (Å²) in [5, 5.41) is 0.559. The lowest BCUT2D eigenvalue weighted by atomic mass is 10.3. The van der Waals surface area contributed by atoms with E-state index in [1.54, 1.807) is 16.7 Å². The maximum absolute atomic E-state index is 13.1. The SMILES string of the molecule is CCOCCn1/c(=N/S(=O)(=O)c2ccc(F)cc2)sc2cc(Cl)ccc21. The van der Waals surface area contributed by atoms with Gasteiger partial charge in [-0.25, -0.2) is 4.39 Å². The third-order valence-electron chi connectivity index (χ3n) is 3.62. The lowest BCUT2D eigenvalue weighted by Gasteiger charge is -2.05. The first-order valence-corrected chi connectivity index (χ1v) is 10.5. The number of hydrogen-bond acceptors (Lipinski definition) is 4. The van der Waals surface area contributed by atoms with E-state index in [0.29, 0.717) is 29.6 Å². The van der Waals surface area contributed by atoms with Crippen molar-refractivity contribution in [2.75, 3.05) is 13.2 Å². The second-order valence-corrected chi connectivity index (χ2v) is 8.42. The number of nitrogens with zero attached hydrogens (tertiary/aromatic N) is 2. The molecule has 0 unspecified atom stereocenters. The average molecular weight is 415 g/mol. The molecule has 0 aliphatic carbocycles. The van der Waals surface area contributed by atoms with Crippen LogP contribution in [0, 0.1) is 5.82 Å². The Hall–Kier alpha value is -1.74. The molecule has 0 saturated carbocycles. The van der Waals surface area contributed by atoms with E-state index in [0.717, 1.165) is 22.3 Å². The largest absolute Gasteiger partial charge is 0.380 e. The maximum Gasteiger partial charge on any atom is 0.285 e. The van der Waals surface area contributed by atoms with Gasteiger partial charge in [0, 0.05) is 18.2 Å². The number of benzene rings is 2. The Morgan fingerprint density at radius 2 is 1.96 bits per heavy atom. The summed E-state index contributed by atoms with van der Waals surface area (Å²) in [7, 11) is -3.97. The Kier molecular flexibility index (Phi) is 5.76. The van der Waals surface area contributed by atoms with E-state index in [4.69, 9.17) is 16.3 Å². The second kappa shape index (κ2) is 7.87. The van der Waals surface area contributed by atoms with Gasteiger partial charge in [0.2, 0.25) is 4.80 Å². The molecule has 0 spiro atoms. The van der Waals surface area contributed by atoms with Crippen LogP contribution >= 0.6 is 22.9 Å². The number of hydrogen-bond donors (Lipinski definition) is 0. The molecule has 0 aliphatic rings. The zero-order valence-electron chi connectivity index (χ0n) is 13.9. The third kappa shape index (κ3) is 4.15.